The number of unbranched alkanes of at least 4 members (excludes halogenated alkanes) is 32. The van der Waals surface area contributed by atoms with Gasteiger partial charge in [-0.1, -0.05) is 273 Å². The SMILES string of the molecule is CCCCC/C=C\C/C=C\C/C=C\C/C=C\C/C=C\CCC(=O)O[C@H](COC(=O)CCCCCCCCC/C=C\CCCCCCCC)COC(=O)CCCCCCCCCCCCCCCCCCC. The normalized spacial score (nSPS) is 12.5. The second-order valence-electron chi connectivity index (χ2n) is 20.3. The van der Waals surface area contributed by atoms with Gasteiger partial charge in [-0.3, -0.25) is 14.4 Å². The van der Waals surface area contributed by atoms with Crippen molar-refractivity contribution in [2.24, 2.45) is 0 Å². The summed E-state index contributed by atoms with van der Waals surface area (Å²) in [6.45, 7) is 6.58. The summed E-state index contributed by atoms with van der Waals surface area (Å²) in [5.41, 5.74) is 0. The fourth-order valence-electron chi connectivity index (χ4n) is 8.60. The van der Waals surface area contributed by atoms with E-state index in [1.54, 1.807) is 0 Å². The molecule has 0 amide bonds. The van der Waals surface area contributed by atoms with Gasteiger partial charge in [0.25, 0.3) is 0 Å². The van der Waals surface area contributed by atoms with Crippen LogP contribution in [0.15, 0.2) is 72.9 Å². The van der Waals surface area contributed by atoms with Crippen molar-refractivity contribution >= 4 is 17.9 Å². The fourth-order valence-corrected chi connectivity index (χ4v) is 8.60. The van der Waals surface area contributed by atoms with Gasteiger partial charge < -0.3 is 14.2 Å². The Morgan fingerprint density at radius 1 is 0.282 bits per heavy atom. The predicted octanol–water partition coefficient (Wildman–Crippen LogP) is 20.5. The van der Waals surface area contributed by atoms with Gasteiger partial charge in [0, 0.05) is 19.3 Å². The molecule has 0 aromatic heterocycles. The first kappa shape index (κ1) is 67.8. The van der Waals surface area contributed by atoms with E-state index in [1.807, 2.05) is 6.08 Å². The summed E-state index contributed by atoms with van der Waals surface area (Å²) in [5, 5.41) is 0. The van der Waals surface area contributed by atoms with Crippen LogP contribution in [0.3, 0.4) is 0 Å². The van der Waals surface area contributed by atoms with Gasteiger partial charge in [0.15, 0.2) is 6.10 Å². The van der Waals surface area contributed by atoms with Gasteiger partial charge in [0.05, 0.1) is 0 Å². The van der Waals surface area contributed by atoms with Gasteiger partial charge >= 0.3 is 17.9 Å². The summed E-state index contributed by atoms with van der Waals surface area (Å²) in [4.78, 5) is 38.2. The molecule has 0 rings (SSSR count). The maximum absolute atomic E-state index is 12.8. The van der Waals surface area contributed by atoms with Crippen LogP contribution in [0.4, 0.5) is 0 Å². The molecule has 0 unspecified atom stereocenters. The van der Waals surface area contributed by atoms with E-state index in [9.17, 15) is 14.4 Å². The Labute approximate surface area is 440 Å². The molecule has 0 saturated heterocycles. The molecule has 0 N–H and O–H groups in total. The number of rotatable bonds is 55. The summed E-state index contributed by atoms with van der Waals surface area (Å²) in [5.74, 6) is -0.978. The lowest BCUT2D eigenvalue weighted by atomic mass is 10.0. The van der Waals surface area contributed by atoms with Gasteiger partial charge in [-0.25, -0.2) is 0 Å². The molecule has 0 heterocycles. The minimum absolute atomic E-state index is 0.104. The van der Waals surface area contributed by atoms with Crippen molar-refractivity contribution in [3.63, 3.8) is 0 Å². The summed E-state index contributed by atoms with van der Waals surface area (Å²) in [6, 6.07) is 0. The monoisotopic (exact) mass is 991 g/mol. The van der Waals surface area contributed by atoms with Crippen LogP contribution in [0.5, 0.6) is 0 Å². The second kappa shape index (κ2) is 59.4. The van der Waals surface area contributed by atoms with E-state index in [0.717, 1.165) is 64.2 Å². The molecule has 0 aromatic carbocycles. The molecule has 0 aliphatic carbocycles. The molecule has 0 aliphatic rings. The van der Waals surface area contributed by atoms with E-state index < -0.39 is 6.10 Å². The van der Waals surface area contributed by atoms with Gasteiger partial charge in [-0.15, -0.1) is 0 Å². The van der Waals surface area contributed by atoms with Crippen molar-refractivity contribution < 1.29 is 28.6 Å². The third kappa shape index (κ3) is 57.6. The van der Waals surface area contributed by atoms with Crippen LogP contribution in [0.1, 0.15) is 303 Å². The van der Waals surface area contributed by atoms with Crippen LogP contribution in [0, 0.1) is 0 Å². The molecule has 0 bridgehead atoms. The number of carbonyl (C=O) groups is 3. The van der Waals surface area contributed by atoms with E-state index in [1.165, 1.54) is 193 Å². The number of hydrogen-bond donors (Lipinski definition) is 0. The largest absolute Gasteiger partial charge is 0.462 e. The zero-order chi connectivity index (χ0) is 51.4. The molecule has 6 heteroatoms. The minimum Gasteiger partial charge on any atom is -0.462 e. The summed E-state index contributed by atoms with van der Waals surface area (Å²) >= 11 is 0. The lowest BCUT2D eigenvalue weighted by Gasteiger charge is -2.18. The van der Waals surface area contributed by atoms with Crippen LogP contribution >= 0.6 is 0 Å². The summed E-state index contributed by atoms with van der Waals surface area (Å²) in [6.07, 6.45) is 76.2. The number of esters is 3. The average molecular weight is 992 g/mol. The lowest BCUT2D eigenvalue weighted by Crippen LogP contribution is -2.30. The van der Waals surface area contributed by atoms with E-state index >= 15 is 0 Å². The Morgan fingerprint density at radius 2 is 0.535 bits per heavy atom. The number of allylic oxidation sites excluding steroid dienone is 12. The van der Waals surface area contributed by atoms with Crippen LogP contribution in [-0.4, -0.2) is 37.2 Å². The highest BCUT2D eigenvalue weighted by atomic mass is 16.6. The molecule has 0 aromatic rings. The van der Waals surface area contributed by atoms with Crippen LogP contribution in [0.2, 0.25) is 0 Å². The van der Waals surface area contributed by atoms with E-state index in [0.29, 0.717) is 19.3 Å². The Balaban J connectivity index is 4.48. The first-order valence-corrected chi connectivity index (χ1v) is 30.4. The highest BCUT2D eigenvalue weighted by molar-refractivity contribution is 5.71. The molecular weight excluding hydrogens is 877 g/mol. The maximum Gasteiger partial charge on any atom is 0.306 e. The van der Waals surface area contributed by atoms with Crippen molar-refractivity contribution in [1.82, 2.24) is 0 Å². The standard InChI is InChI=1S/C65H114O6/c1-4-7-10-13-16-19-22-25-28-31-32-35-38-41-44-47-50-53-56-59-65(68)71-62(60-69-63(66)57-54-51-48-45-42-39-36-33-29-26-23-20-17-14-11-8-5-2)61-70-64(67)58-55-52-49-46-43-40-37-34-30-27-24-21-18-15-12-9-6-3/h16,19,25-26,28-29,32,35,41,44,50,53,62H,4-15,17-18,20-24,27,30-31,33-34,36-40,42-43,45-49,51-52,54-61H2,1-3H3/b19-16-,28-25-,29-26-,35-32-,44-41-,53-50-/t62-/m1/s1. The Morgan fingerprint density at radius 3 is 0.887 bits per heavy atom. The van der Waals surface area contributed by atoms with E-state index in [2.05, 4.69) is 87.6 Å². The number of carbonyl (C=O) groups excluding carboxylic acids is 3. The minimum atomic E-state index is -0.816. The molecule has 0 fully saturated rings. The topological polar surface area (TPSA) is 78.9 Å². The molecule has 1 atom stereocenters. The van der Waals surface area contributed by atoms with Gasteiger partial charge in [-0.2, -0.15) is 0 Å². The summed E-state index contributed by atoms with van der Waals surface area (Å²) in [7, 11) is 0. The molecule has 0 spiro atoms. The molecule has 6 nitrogen and oxygen atoms in total. The Hall–Kier alpha value is -3.15. The number of hydrogen-bond acceptors (Lipinski definition) is 6. The van der Waals surface area contributed by atoms with E-state index in [-0.39, 0.29) is 37.5 Å². The van der Waals surface area contributed by atoms with Crippen molar-refractivity contribution in [3.05, 3.63) is 72.9 Å². The van der Waals surface area contributed by atoms with Crippen LogP contribution < -0.4 is 0 Å². The van der Waals surface area contributed by atoms with Gasteiger partial charge in [-0.05, 0) is 83.5 Å². The van der Waals surface area contributed by atoms with Crippen molar-refractivity contribution in [2.45, 2.75) is 309 Å². The lowest BCUT2D eigenvalue weighted by molar-refractivity contribution is -0.166. The molecule has 0 saturated carbocycles. The Kier molecular flexibility index (Phi) is 56.8. The zero-order valence-electron chi connectivity index (χ0n) is 47.0. The van der Waals surface area contributed by atoms with Crippen LogP contribution in [-0.2, 0) is 28.6 Å². The van der Waals surface area contributed by atoms with Crippen molar-refractivity contribution in [1.29, 1.82) is 0 Å². The first-order chi connectivity index (χ1) is 35.0. The fraction of sp³-hybridized carbons (Fsp3) is 0.769. The van der Waals surface area contributed by atoms with Crippen LogP contribution in [0.25, 0.3) is 0 Å². The molecule has 0 radical (unpaired) electrons. The first-order valence-electron chi connectivity index (χ1n) is 30.4. The molecule has 410 valence electrons. The third-order valence-electron chi connectivity index (χ3n) is 13.2. The predicted molar refractivity (Wildman–Crippen MR) is 307 cm³/mol. The highest BCUT2D eigenvalue weighted by Crippen LogP contribution is 2.16. The van der Waals surface area contributed by atoms with Crippen molar-refractivity contribution in [2.75, 3.05) is 13.2 Å². The smallest absolute Gasteiger partial charge is 0.306 e. The highest BCUT2D eigenvalue weighted by Gasteiger charge is 2.19. The van der Waals surface area contributed by atoms with E-state index in [4.69, 9.17) is 14.2 Å². The van der Waals surface area contributed by atoms with Gasteiger partial charge in [0.1, 0.15) is 13.2 Å². The van der Waals surface area contributed by atoms with Crippen molar-refractivity contribution in [3.8, 4) is 0 Å². The molecular formula is C65H114O6. The average Bonchev–Trinajstić information content (AvgIpc) is 3.37. The maximum atomic E-state index is 12.8. The number of ether oxygens (including phenoxy) is 3. The second-order valence-corrected chi connectivity index (χ2v) is 20.3. The summed E-state index contributed by atoms with van der Waals surface area (Å²) < 4.78 is 16.8. The van der Waals surface area contributed by atoms with Gasteiger partial charge in [0.2, 0.25) is 0 Å². The zero-order valence-corrected chi connectivity index (χ0v) is 47.0. The third-order valence-corrected chi connectivity index (χ3v) is 13.2. The molecule has 71 heavy (non-hydrogen) atoms. The Bertz CT molecular complexity index is 1320. The quantitative estimate of drug-likeness (QED) is 0.0261. The molecule has 0 aliphatic heterocycles.